The summed E-state index contributed by atoms with van der Waals surface area (Å²) in [5.74, 6) is 1.22. The first-order chi connectivity index (χ1) is 12.3. The molecule has 0 N–H and O–H groups in total. The van der Waals surface area contributed by atoms with Crippen LogP contribution in [0.15, 0.2) is 24.3 Å². The maximum Gasteiger partial charge on any atom is 0.225 e. The molecule has 0 radical (unpaired) electrons. The van der Waals surface area contributed by atoms with Crippen molar-refractivity contribution in [1.82, 2.24) is 9.80 Å². The molecule has 1 aromatic rings. The van der Waals surface area contributed by atoms with E-state index < -0.39 is 0 Å². The van der Waals surface area contributed by atoms with Crippen LogP contribution in [0.5, 0.6) is 5.75 Å². The average molecular weight is 346 g/mol. The molecular formula is C20H30N2O3. The molecule has 0 spiro atoms. The van der Waals surface area contributed by atoms with Crippen LogP contribution in [-0.2, 0) is 16.0 Å². The second kappa shape index (κ2) is 9.20. The van der Waals surface area contributed by atoms with E-state index in [-0.39, 0.29) is 12.0 Å². The third-order valence-electron chi connectivity index (χ3n) is 5.29. The standard InChI is InChI=1S/C20H30N2O3/c1-24-19-8-3-2-6-17(19)9-10-21-11-13-22(14-12-21)20(23)16-18-7-4-5-15-25-18/h2-3,6,8,18H,4-5,7,9-16H2,1H3. The molecule has 2 aliphatic heterocycles. The molecule has 5 nitrogen and oxygen atoms in total. The van der Waals surface area contributed by atoms with E-state index in [2.05, 4.69) is 17.0 Å². The summed E-state index contributed by atoms with van der Waals surface area (Å²) >= 11 is 0. The first kappa shape index (κ1) is 18.2. The van der Waals surface area contributed by atoms with Gasteiger partial charge in [0.25, 0.3) is 0 Å². The summed E-state index contributed by atoms with van der Waals surface area (Å²) in [4.78, 5) is 16.9. The largest absolute Gasteiger partial charge is 0.496 e. The van der Waals surface area contributed by atoms with E-state index in [9.17, 15) is 4.79 Å². The molecule has 2 saturated heterocycles. The normalized spacial score (nSPS) is 22.0. The van der Waals surface area contributed by atoms with Crippen molar-refractivity contribution >= 4 is 5.91 Å². The number of hydrogen-bond donors (Lipinski definition) is 0. The Morgan fingerprint density at radius 3 is 2.72 bits per heavy atom. The van der Waals surface area contributed by atoms with Gasteiger partial charge in [0, 0.05) is 39.3 Å². The van der Waals surface area contributed by atoms with Crippen molar-refractivity contribution in [2.45, 2.75) is 38.2 Å². The van der Waals surface area contributed by atoms with Gasteiger partial charge in [0.2, 0.25) is 5.91 Å². The topological polar surface area (TPSA) is 42.0 Å². The molecule has 138 valence electrons. The second-order valence-corrected chi connectivity index (χ2v) is 6.98. The molecule has 2 aliphatic rings. The fourth-order valence-corrected chi connectivity index (χ4v) is 3.70. The number of nitrogens with zero attached hydrogens (tertiary/aromatic N) is 2. The second-order valence-electron chi connectivity index (χ2n) is 6.98. The maximum absolute atomic E-state index is 12.4. The molecular weight excluding hydrogens is 316 g/mol. The van der Waals surface area contributed by atoms with Crippen LogP contribution >= 0.6 is 0 Å². The number of benzene rings is 1. The lowest BCUT2D eigenvalue weighted by molar-refractivity contribution is -0.136. The van der Waals surface area contributed by atoms with Crippen LogP contribution in [0.2, 0.25) is 0 Å². The average Bonchev–Trinajstić information content (AvgIpc) is 2.67. The Hall–Kier alpha value is -1.59. The molecule has 0 saturated carbocycles. The highest BCUT2D eigenvalue weighted by Gasteiger charge is 2.24. The van der Waals surface area contributed by atoms with Crippen molar-refractivity contribution in [1.29, 1.82) is 0 Å². The van der Waals surface area contributed by atoms with E-state index in [1.807, 2.05) is 17.0 Å². The number of rotatable bonds is 6. The van der Waals surface area contributed by atoms with E-state index >= 15 is 0 Å². The number of hydrogen-bond acceptors (Lipinski definition) is 4. The van der Waals surface area contributed by atoms with E-state index in [1.54, 1.807) is 7.11 Å². The minimum atomic E-state index is 0.143. The van der Waals surface area contributed by atoms with E-state index in [1.165, 1.54) is 12.0 Å². The van der Waals surface area contributed by atoms with Gasteiger partial charge in [0.15, 0.2) is 0 Å². The lowest BCUT2D eigenvalue weighted by atomic mass is 10.1. The third-order valence-corrected chi connectivity index (χ3v) is 5.29. The third kappa shape index (κ3) is 5.19. The zero-order valence-corrected chi connectivity index (χ0v) is 15.3. The van der Waals surface area contributed by atoms with Gasteiger partial charge in [-0.25, -0.2) is 0 Å². The number of ether oxygens (including phenoxy) is 2. The zero-order chi connectivity index (χ0) is 17.5. The van der Waals surface area contributed by atoms with E-state index in [0.717, 1.165) is 64.3 Å². The molecule has 1 aromatic carbocycles. The van der Waals surface area contributed by atoms with Crippen molar-refractivity contribution in [2.75, 3.05) is 46.4 Å². The smallest absolute Gasteiger partial charge is 0.225 e. The lowest BCUT2D eigenvalue weighted by Crippen LogP contribution is -2.49. The number of methoxy groups -OCH3 is 1. The first-order valence-electron chi connectivity index (χ1n) is 9.50. The minimum Gasteiger partial charge on any atom is -0.496 e. The molecule has 25 heavy (non-hydrogen) atoms. The number of amides is 1. The lowest BCUT2D eigenvalue weighted by Gasteiger charge is -2.35. The van der Waals surface area contributed by atoms with Gasteiger partial charge in [-0.3, -0.25) is 9.69 Å². The summed E-state index contributed by atoms with van der Waals surface area (Å²) in [6, 6.07) is 8.20. The van der Waals surface area contributed by atoms with Crippen molar-refractivity contribution < 1.29 is 14.3 Å². The van der Waals surface area contributed by atoms with E-state index in [4.69, 9.17) is 9.47 Å². The number of piperazine rings is 1. The van der Waals surface area contributed by atoms with Crippen LogP contribution < -0.4 is 4.74 Å². The van der Waals surface area contributed by atoms with Crippen LogP contribution in [0.25, 0.3) is 0 Å². The van der Waals surface area contributed by atoms with Gasteiger partial charge in [0.1, 0.15) is 5.75 Å². The van der Waals surface area contributed by atoms with Crippen LogP contribution in [0.1, 0.15) is 31.2 Å². The highest BCUT2D eigenvalue weighted by atomic mass is 16.5. The molecule has 2 heterocycles. The summed E-state index contributed by atoms with van der Waals surface area (Å²) in [7, 11) is 1.72. The number of carbonyl (C=O) groups is 1. The monoisotopic (exact) mass is 346 g/mol. The molecule has 5 heteroatoms. The van der Waals surface area contributed by atoms with Gasteiger partial charge in [0.05, 0.1) is 19.6 Å². The summed E-state index contributed by atoms with van der Waals surface area (Å²) in [5.41, 5.74) is 1.25. The predicted octanol–water partition coefficient (Wildman–Crippen LogP) is 2.34. The Labute approximate surface area is 150 Å². The zero-order valence-electron chi connectivity index (χ0n) is 15.3. The van der Waals surface area contributed by atoms with Gasteiger partial charge in [-0.2, -0.15) is 0 Å². The van der Waals surface area contributed by atoms with Gasteiger partial charge in [-0.15, -0.1) is 0 Å². The highest BCUT2D eigenvalue weighted by Crippen LogP contribution is 2.19. The van der Waals surface area contributed by atoms with Crippen LogP contribution in [0.4, 0.5) is 0 Å². The summed E-state index contributed by atoms with van der Waals surface area (Å²) in [5, 5.41) is 0. The Balaban J connectivity index is 1.40. The SMILES string of the molecule is COc1ccccc1CCN1CCN(C(=O)CC2CCCCO2)CC1. The Morgan fingerprint density at radius 1 is 1.20 bits per heavy atom. The Kier molecular flexibility index (Phi) is 6.70. The molecule has 2 fully saturated rings. The predicted molar refractivity (Wildman–Crippen MR) is 97.9 cm³/mol. The number of carbonyl (C=O) groups excluding carboxylic acids is 1. The van der Waals surface area contributed by atoms with Gasteiger partial charge < -0.3 is 14.4 Å². The van der Waals surface area contributed by atoms with E-state index in [0.29, 0.717) is 6.42 Å². The fraction of sp³-hybridized carbons (Fsp3) is 0.650. The highest BCUT2D eigenvalue weighted by molar-refractivity contribution is 5.76. The number of para-hydroxylation sites is 1. The fourth-order valence-electron chi connectivity index (χ4n) is 3.70. The van der Waals surface area contributed by atoms with Gasteiger partial charge in [-0.05, 0) is 37.3 Å². The maximum atomic E-state index is 12.4. The molecule has 0 aliphatic carbocycles. The van der Waals surface area contributed by atoms with Crippen molar-refractivity contribution in [3.8, 4) is 5.75 Å². The molecule has 1 unspecified atom stereocenters. The molecule has 1 amide bonds. The molecule has 3 rings (SSSR count). The Bertz CT molecular complexity index is 550. The first-order valence-corrected chi connectivity index (χ1v) is 9.50. The van der Waals surface area contributed by atoms with Crippen LogP contribution in [0, 0.1) is 0 Å². The quantitative estimate of drug-likeness (QED) is 0.793. The van der Waals surface area contributed by atoms with Crippen molar-refractivity contribution in [2.24, 2.45) is 0 Å². The van der Waals surface area contributed by atoms with Crippen molar-refractivity contribution in [3.05, 3.63) is 29.8 Å². The minimum absolute atomic E-state index is 0.143. The molecule has 1 atom stereocenters. The Morgan fingerprint density at radius 2 is 2.00 bits per heavy atom. The summed E-state index contributed by atoms with van der Waals surface area (Å²) in [6.07, 6.45) is 5.04. The van der Waals surface area contributed by atoms with Gasteiger partial charge in [-0.1, -0.05) is 18.2 Å². The summed E-state index contributed by atoms with van der Waals surface area (Å²) in [6.45, 7) is 5.39. The molecule has 0 aromatic heterocycles. The summed E-state index contributed by atoms with van der Waals surface area (Å²) < 4.78 is 11.1. The van der Waals surface area contributed by atoms with Crippen LogP contribution in [0.3, 0.4) is 0 Å². The van der Waals surface area contributed by atoms with Crippen LogP contribution in [-0.4, -0.2) is 68.3 Å². The van der Waals surface area contributed by atoms with Crippen molar-refractivity contribution in [3.63, 3.8) is 0 Å². The van der Waals surface area contributed by atoms with Gasteiger partial charge >= 0.3 is 0 Å². The molecule has 0 bridgehead atoms.